The molecule has 154 valence electrons. The number of anilines is 2. The molecule has 6 nitrogen and oxygen atoms in total. The van der Waals surface area contributed by atoms with Crippen LogP contribution in [-0.4, -0.2) is 25.0 Å². The highest BCUT2D eigenvalue weighted by Crippen LogP contribution is 2.44. The van der Waals surface area contributed by atoms with Crippen molar-refractivity contribution in [1.82, 2.24) is 0 Å². The number of ether oxygens (including phenoxy) is 1. The maximum Gasteiger partial charge on any atom is 0.294 e. The van der Waals surface area contributed by atoms with Gasteiger partial charge in [-0.3, -0.25) is 9.59 Å². The minimum absolute atomic E-state index is 0.0858. The Labute approximate surface area is 175 Å². The van der Waals surface area contributed by atoms with Crippen LogP contribution in [0.3, 0.4) is 0 Å². The lowest BCUT2D eigenvalue weighted by Gasteiger charge is -2.43. The van der Waals surface area contributed by atoms with Gasteiger partial charge in [0.15, 0.2) is 5.76 Å². The van der Waals surface area contributed by atoms with Crippen LogP contribution in [0.1, 0.15) is 42.4 Å². The van der Waals surface area contributed by atoms with E-state index in [2.05, 4.69) is 0 Å². The van der Waals surface area contributed by atoms with Gasteiger partial charge in [0.25, 0.3) is 5.91 Å². The number of methoxy groups -OCH3 is 1. The molecule has 4 rings (SSSR count). The highest BCUT2D eigenvalue weighted by atomic mass is 16.5. The first-order chi connectivity index (χ1) is 14.5. The summed E-state index contributed by atoms with van der Waals surface area (Å²) in [5, 5.41) is 0. The summed E-state index contributed by atoms with van der Waals surface area (Å²) in [4.78, 5) is 29.5. The number of amides is 2. The molecule has 1 aliphatic rings. The van der Waals surface area contributed by atoms with E-state index in [-0.39, 0.29) is 23.9 Å². The van der Waals surface area contributed by atoms with E-state index in [1.54, 1.807) is 36.0 Å². The summed E-state index contributed by atoms with van der Waals surface area (Å²) in [6.07, 6.45) is 2.08. The molecule has 30 heavy (non-hydrogen) atoms. The fourth-order valence-electron chi connectivity index (χ4n) is 4.24. The molecule has 0 fully saturated rings. The van der Waals surface area contributed by atoms with Gasteiger partial charge >= 0.3 is 0 Å². The van der Waals surface area contributed by atoms with Gasteiger partial charge in [-0.1, -0.05) is 30.3 Å². The second kappa shape index (κ2) is 8.06. The van der Waals surface area contributed by atoms with Crippen molar-refractivity contribution in [3.05, 3.63) is 78.3 Å². The van der Waals surface area contributed by atoms with Crippen LogP contribution in [0.2, 0.25) is 0 Å². The lowest BCUT2D eigenvalue weighted by atomic mass is 9.89. The standard InChI is InChI=1S/C24H24N2O4/c1-16-15-21(26(17(2)27)20-11-6-7-12-22(20)29-3)18-9-4-5-10-19(18)25(16)24(28)23-13-8-14-30-23/h4-14,16,21H,15H2,1-3H3. The molecule has 1 aliphatic heterocycles. The summed E-state index contributed by atoms with van der Waals surface area (Å²) >= 11 is 0. The zero-order valence-electron chi connectivity index (χ0n) is 17.2. The molecule has 1 aromatic heterocycles. The number of furan rings is 1. The van der Waals surface area contributed by atoms with Crippen LogP contribution in [0, 0.1) is 0 Å². The number of carbonyl (C=O) groups excluding carboxylic acids is 2. The van der Waals surface area contributed by atoms with Crippen molar-refractivity contribution >= 4 is 23.2 Å². The topological polar surface area (TPSA) is 63.0 Å². The van der Waals surface area contributed by atoms with Gasteiger partial charge in [0.2, 0.25) is 5.91 Å². The predicted molar refractivity (Wildman–Crippen MR) is 115 cm³/mol. The molecule has 0 spiro atoms. The average Bonchev–Trinajstić information content (AvgIpc) is 3.29. The fraction of sp³-hybridized carbons (Fsp3) is 0.250. The second-order valence-corrected chi connectivity index (χ2v) is 7.37. The van der Waals surface area contributed by atoms with E-state index < -0.39 is 0 Å². The molecule has 2 heterocycles. The molecule has 0 saturated carbocycles. The monoisotopic (exact) mass is 404 g/mol. The molecule has 0 bridgehead atoms. The third-order valence-corrected chi connectivity index (χ3v) is 5.51. The van der Waals surface area contributed by atoms with Crippen molar-refractivity contribution in [3.8, 4) is 5.75 Å². The van der Waals surface area contributed by atoms with E-state index in [0.717, 1.165) is 11.3 Å². The summed E-state index contributed by atoms with van der Waals surface area (Å²) in [5.74, 6) is 0.651. The number of hydrogen-bond donors (Lipinski definition) is 0. The lowest BCUT2D eigenvalue weighted by Crippen LogP contribution is -2.47. The summed E-state index contributed by atoms with van der Waals surface area (Å²) in [6.45, 7) is 3.55. The van der Waals surface area contributed by atoms with Gasteiger partial charge in [-0.25, -0.2) is 0 Å². The summed E-state index contributed by atoms with van der Waals surface area (Å²) in [7, 11) is 1.60. The third-order valence-electron chi connectivity index (χ3n) is 5.51. The Kier molecular flexibility index (Phi) is 5.31. The summed E-state index contributed by atoms with van der Waals surface area (Å²) in [6, 6.07) is 18.2. The minimum atomic E-state index is -0.231. The smallest absolute Gasteiger partial charge is 0.294 e. The van der Waals surface area contributed by atoms with Crippen LogP contribution in [0.4, 0.5) is 11.4 Å². The summed E-state index contributed by atoms with van der Waals surface area (Å²) in [5.41, 5.74) is 2.41. The van der Waals surface area contributed by atoms with Gasteiger partial charge in [0, 0.05) is 18.7 Å². The highest BCUT2D eigenvalue weighted by Gasteiger charge is 2.39. The molecule has 0 radical (unpaired) electrons. The van der Waals surface area contributed by atoms with Crippen molar-refractivity contribution in [1.29, 1.82) is 0 Å². The van der Waals surface area contributed by atoms with E-state index in [1.807, 2.05) is 55.5 Å². The van der Waals surface area contributed by atoms with Crippen LogP contribution in [0.25, 0.3) is 0 Å². The van der Waals surface area contributed by atoms with E-state index in [4.69, 9.17) is 9.15 Å². The quantitative estimate of drug-likeness (QED) is 0.625. The first-order valence-electron chi connectivity index (χ1n) is 9.91. The number of benzene rings is 2. The van der Waals surface area contributed by atoms with E-state index in [1.165, 1.54) is 6.26 Å². The van der Waals surface area contributed by atoms with Gasteiger partial charge < -0.3 is 19.0 Å². The van der Waals surface area contributed by atoms with Crippen LogP contribution in [-0.2, 0) is 4.79 Å². The Morgan fingerprint density at radius 1 is 1.07 bits per heavy atom. The zero-order valence-corrected chi connectivity index (χ0v) is 17.2. The molecule has 0 saturated heterocycles. The molecule has 3 aromatic rings. The van der Waals surface area contributed by atoms with Crippen LogP contribution in [0.15, 0.2) is 71.3 Å². The Bertz CT molecular complexity index is 1060. The number of para-hydroxylation sites is 3. The van der Waals surface area contributed by atoms with Crippen molar-refractivity contribution in [2.75, 3.05) is 16.9 Å². The molecule has 0 aliphatic carbocycles. The third kappa shape index (κ3) is 3.34. The first-order valence-corrected chi connectivity index (χ1v) is 9.91. The number of fused-ring (bicyclic) bond motifs is 1. The van der Waals surface area contributed by atoms with Crippen LogP contribution in [0.5, 0.6) is 5.75 Å². The van der Waals surface area contributed by atoms with Gasteiger partial charge in [0.1, 0.15) is 5.75 Å². The number of rotatable bonds is 4. The van der Waals surface area contributed by atoms with Crippen molar-refractivity contribution in [3.63, 3.8) is 0 Å². The van der Waals surface area contributed by atoms with Crippen LogP contribution >= 0.6 is 0 Å². The molecule has 6 heteroatoms. The normalized spacial score (nSPS) is 17.9. The number of carbonyl (C=O) groups is 2. The molecule has 2 aromatic carbocycles. The number of nitrogens with zero attached hydrogens (tertiary/aromatic N) is 2. The zero-order chi connectivity index (χ0) is 21.3. The van der Waals surface area contributed by atoms with Crippen molar-refractivity contribution in [2.45, 2.75) is 32.4 Å². The maximum absolute atomic E-state index is 13.1. The Morgan fingerprint density at radius 2 is 1.80 bits per heavy atom. The molecule has 0 N–H and O–H groups in total. The minimum Gasteiger partial charge on any atom is -0.495 e. The summed E-state index contributed by atoms with van der Waals surface area (Å²) < 4.78 is 10.9. The van der Waals surface area contributed by atoms with Crippen molar-refractivity contribution in [2.24, 2.45) is 0 Å². The lowest BCUT2D eigenvalue weighted by molar-refractivity contribution is -0.117. The molecular formula is C24H24N2O4. The van der Waals surface area contributed by atoms with Crippen molar-refractivity contribution < 1.29 is 18.7 Å². The Balaban J connectivity index is 1.82. The second-order valence-electron chi connectivity index (χ2n) is 7.37. The largest absolute Gasteiger partial charge is 0.495 e. The average molecular weight is 404 g/mol. The van der Waals surface area contributed by atoms with E-state index in [9.17, 15) is 9.59 Å². The first kappa shape index (κ1) is 19.8. The predicted octanol–water partition coefficient (Wildman–Crippen LogP) is 4.82. The fourth-order valence-corrected chi connectivity index (χ4v) is 4.24. The van der Waals surface area contributed by atoms with Gasteiger partial charge in [-0.05, 0) is 49.2 Å². The van der Waals surface area contributed by atoms with Gasteiger partial charge in [0.05, 0.1) is 25.1 Å². The molecule has 2 unspecified atom stereocenters. The molecule has 2 amide bonds. The SMILES string of the molecule is COc1ccccc1N(C(C)=O)C1CC(C)N(C(=O)c2ccco2)c2ccccc21. The van der Waals surface area contributed by atoms with Gasteiger partial charge in [-0.15, -0.1) is 0 Å². The Morgan fingerprint density at radius 3 is 2.50 bits per heavy atom. The molecule has 2 atom stereocenters. The maximum atomic E-state index is 13.1. The van der Waals surface area contributed by atoms with Crippen LogP contribution < -0.4 is 14.5 Å². The van der Waals surface area contributed by atoms with Gasteiger partial charge in [-0.2, -0.15) is 0 Å². The Hall–Kier alpha value is -3.54. The number of hydrogen-bond acceptors (Lipinski definition) is 4. The van der Waals surface area contributed by atoms with E-state index >= 15 is 0 Å². The highest BCUT2D eigenvalue weighted by molar-refractivity contribution is 6.06. The van der Waals surface area contributed by atoms with E-state index in [0.29, 0.717) is 23.6 Å². The molecular weight excluding hydrogens is 380 g/mol.